The minimum atomic E-state index is -0.758. The van der Waals surface area contributed by atoms with Crippen molar-refractivity contribution in [1.82, 2.24) is 9.78 Å². The van der Waals surface area contributed by atoms with Gasteiger partial charge in [-0.05, 0) is 33.6 Å². The topological polar surface area (TPSA) is 47.3 Å². The van der Waals surface area contributed by atoms with Crippen LogP contribution in [0.5, 0.6) is 0 Å². The van der Waals surface area contributed by atoms with Crippen LogP contribution in [0.25, 0.3) is 0 Å². The molecule has 0 aliphatic carbocycles. The summed E-state index contributed by atoms with van der Waals surface area (Å²) in [5.74, 6) is 0. The van der Waals surface area contributed by atoms with Crippen LogP contribution in [0.2, 0.25) is 5.02 Å². The zero-order valence-corrected chi connectivity index (χ0v) is 13.6. The Morgan fingerprint density at radius 2 is 2.15 bits per heavy atom. The van der Waals surface area contributed by atoms with Crippen LogP contribution in [0.1, 0.15) is 51.4 Å². The number of nitrogens with zero attached hydrogens (tertiary/aromatic N) is 2. The van der Waals surface area contributed by atoms with Crippen LogP contribution < -0.4 is 0 Å². The van der Waals surface area contributed by atoms with Crippen LogP contribution in [0.15, 0.2) is 0 Å². The number of aromatic nitrogens is 2. The number of hydrogen-bond acceptors (Lipinski definition) is 3. The predicted octanol–water partition coefficient (Wildman–Crippen LogP) is 3.12. The summed E-state index contributed by atoms with van der Waals surface area (Å²) in [6, 6.07) is 0. The zero-order chi connectivity index (χ0) is 15.0. The molecule has 1 aromatic rings. The maximum Gasteiger partial charge on any atom is 0.0848 e. The maximum absolute atomic E-state index is 11.0. The second-order valence-corrected chi connectivity index (χ2v) is 6.52. The Kier molecular flexibility index (Phi) is 4.47. The van der Waals surface area contributed by atoms with Crippen LogP contribution >= 0.6 is 11.6 Å². The highest BCUT2D eigenvalue weighted by Gasteiger charge is 2.42. The minimum Gasteiger partial charge on any atom is -0.389 e. The Labute approximate surface area is 126 Å². The summed E-state index contributed by atoms with van der Waals surface area (Å²) in [7, 11) is 0. The molecule has 114 valence electrons. The Balaban J connectivity index is 2.24. The summed E-state index contributed by atoms with van der Waals surface area (Å²) in [5, 5.41) is 16.1. The molecule has 1 aliphatic heterocycles. The van der Waals surface area contributed by atoms with E-state index < -0.39 is 5.60 Å². The van der Waals surface area contributed by atoms with Crippen molar-refractivity contribution in [3.8, 4) is 0 Å². The quantitative estimate of drug-likeness (QED) is 0.929. The second-order valence-electron chi connectivity index (χ2n) is 6.14. The molecule has 1 fully saturated rings. The number of halogens is 1. The lowest BCUT2D eigenvalue weighted by Crippen LogP contribution is -2.48. The van der Waals surface area contributed by atoms with Gasteiger partial charge in [-0.25, -0.2) is 0 Å². The third-order valence-electron chi connectivity index (χ3n) is 4.42. The first kappa shape index (κ1) is 15.8. The Morgan fingerprint density at radius 1 is 1.45 bits per heavy atom. The summed E-state index contributed by atoms with van der Waals surface area (Å²) < 4.78 is 7.72. The molecule has 2 rings (SSSR count). The monoisotopic (exact) mass is 300 g/mol. The van der Waals surface area contributed by atoms with Gasteiger partial charge in [0.1, 0.15) is 0 Å². The number of hydrogen-bond donors (Lipinski definition) is 1. The molecule has 1 aliphatic rings. The standard InChI is InChI=1S/C15H25ClN2O2/c1-5-14(4)10-15(19,7-8-20-14)9-12-13(16)11(3)17-18(12)6-2/h19H,5-10H2,1-4H3. The van der Waals surface area contributed by atoms with Gasteiger partial charge in [0.05, 0.1) is 34.2 Å². The summed E-state index contributed by atoms with van der Waals surface area (Å²) in [4.78, 5) is 0. The normalized spacial score (nSPS) is 30.7. The highest BCUT2D eigenvalue weighted by molar-refractivity contribution is 6.31. The summed E-state index contributed by atoms with van der Waals surface area (Å²) in [6.45, 7) is 9.47. The van der Waals surface area contributed by atoms with Crippen molar-refractivity contribution in [1.29, 1.82) is 0 Å². The molecule has 0 saturated carbocycles. The van der Waals surface area contributed by atoms with Crippen LogP contribution in [0, 0.1) is 6.92 Å². The summed E-state index contributed by atoms with van der Waals surface area (Å²) in [5.41, 5.74) is 0.768. The van der Waals surface area contributed by atoms with Gasteiger partial charge in [0.2, 0.25) is 0 Å². The molecule has 0 amide bonds. The van der Waals surface area contributed by atoms with Gasteiger partial charge in [0, 0.05) is 19.4 Å². The fourth-order valence-corrected chi connectivity index (χ4v) is 3.25. The third kappa shape index (κ3) is 3.02. The van der Waals surface area contributed by atoms with Gasteiger partial charge in [0.15, 0.2) is 0 Å². The Morgan fingerprint density at radius 3 is 2.75 bits per heavy atom. The fourth-order valence-electron chi connectivity index (χ4n) is 3.05. The molecular formula is C15H25ClN2O2. The van der Waals surface area contributed by atoms with Crippen molar-refractivity contribution in [3.05, 3.63) is 16.4 Å². The molecule has 4 nitrogen and oxygen atoms in total. The highest BCUT2D eigenvalue weighted by Crippen LogP contribution is 2.37. The first-order valence-corrected chi connectivity index (χ1v) is 7.78. The van der Waals surface area contributed by atoms with E-state index in [-0.39, 0.29) is 5.60 Å². The number of aryl methyl sites for hydroxylation is 2. The zero-order valence-electron chi connectivity index (χ0n) is 12.9. The van der Waals surface area contributed by atoms with E-state index in [2.05, 4.69) is 18.9 Å². The number of aliphatic hydroxyl groups is 1. The van der Waals surface area contributed by atoms with Crippen LogP contribution in [-0.2, 0) is 17.7 Å². The molecule has 2 atom stereocenters. The molecule has 2 heterocycles. The van der Waals surface area contributed by atoms with Crippen LogP contribution in [-0.4, -0.2) is 32.7 Å². The lowest BCUT2D eigenvalue weighted by atomic mass is 9.79. The molecular weight excluding hydrogens is 276 g/mol. The minimum absolute atomic E-state index is 0.244. The Hall–Kier alpha value is -0.580. The van der Waals surface area contributed by atoms with Crippen molar-refractivity contribution in [2.24, 2.45) is 0 Å². The first-order chi connectivity index (χ1) is 9.32. The van der Waals surface area contributed by atoms with Crippen molar-refractivity contribution in [3.63, 3.8) is 0 Å². The van der Waals surface area contributed by atoms with Gasteiger partial charge in [-0.15, -0.1) is 0 Å². The lowest BCUT2D eigenvalue weighted by Gasteiger charge is -2.43. The van der Waals surface area contributed by atoms with E-state index in [1.165, 1.54) is 0 Å². The second kappa shape index (κ2) is 5.66. The van der Waals surface area contributed by atoms with Crippen LogP contribution in [0.3, 0.4) is 0 Å². The summed E-state index contributed by atoms with van der Waals surface area (Å²) >= 11 is 6.35. The van der Waals surface area contributed by atoms with Crippen molar-refractivity contribution in [2.75, 3.05) is 6.61 Å². The van der Waals surface area contributed by atoms with Gasteiger partial charge in [-0.3, -0.25) is 4.68 Å². The SMILES string of the molecule is CCn1nc(C)c(Cl)c1CC1(O)CCOC(C)(CC)C1. The van der Waals surface area contributed by atoms with Gasteiger partial charge >= 0.3 is 0 Å². The smallest absolute Gasteiger partial charge is 0.0848 e. The number of ether oxygens (including phenoxy) is 1. The molecule has 2 unspecified atom stereocenters. The molecule has 5 heteroatoms. The molecule has 0 radical (unpaired) electrons. The predicted molar refractivity (Wildman–Crippen MR) is 80.2 cm³/mol. The number of rotatable bonds is 4. The first-order valence-electron chi connectivity index (χ1n) is 7.40. The molecule has 0 bridgehead atoms. The largest absolute Gasteiger partial charge is 0.389 e. The van der Waals surface area contributed by atoms with Gasteiger partial charge < -0.3 is 9.84 Å². The van der Waals surface area contributed by atoms with Gasteiger partial charge in [0.25, 0.3) is 0 Å². The molecule has 1 saturated heterocycles. The van der Waals surface area contributed by atoms with E-state index in [0.717, 1.165) is 24.4 Å². The van der Waals surface area contributed by atoms with Crippen molar-refractivity contribution in [2.45, 2.75) is 71.1 Å². The maximum atomic E-state index is 11.0. The lowest BCUT2D eigenvalue weighted by molar-refractivity contribution is -0.153. The van der Waals surface area contributed by atoms with E-state index in [1.54, 1.807) is 0 Å². The molecule has 1 N–H and O–H groups in total. The van der Waals surface area contributed by atoms with Crippen molar-refractivity contribution >= 4 is 11.6 Å². The molecule has 1 aromatic heterocycles. The average molecular weight is 301 g/mol. The van der Waals surface area contributed by atoms with E-state index in [9.17, 15) is 5.11 Å². The summed E-state index contributed by atoms with van der Waals surface area (Å²) in [6.07, 6.45) is 2.72. The molecule has 0 spiro atoms. The van der Waals surface area contributed by atoms with E-state index >= 15 is 0 Å². The molecule has 0 aromatic carbocycles. The average Bonchev–Trinajstić information content (AvgIpc) is 2.66. The third-order valence-corrected chi connectivity index (χ3v) is 4.91. The van der Waals surface area contributed by atoms with Gasteiger partial charge in [-0.2, -0.15) is 5.10 Å². The van der Waals surface area contributed by atoms with E-state index in [4.69, 9.17) is 16.3 Å². The van der Waals surface area contributed by atoms with Gasteiger partial charge in [-0.1, -0.05) is 18.5 Å². The van der Waals surface area contributed by atoms with Crippen molar-refractivity contribution < 1.29 is 9.84 Å². The van der Waals surface area contributed by atoms with Crippen LogP contribution in [0.4, 0.5) is 0 Å². The highest BCUT2D eigenvalue weighted by atomic mass is 35.5. The fraction of sp³-hybridized carbons (Fsp3) is 0.800. The van der Waals surface area contributed by atoms with E-state index in [1.807, 2.05) is 18.5 Å². The Bertz CT molecular complexity index is 488. The van der Waals surface area contributed by atoms with E-state index in [0.29, 0.717) is 30.9 Å². The molecule has 20 heavy (non-hydrogen) atoms.